The second kappa shape index (κ2) is 9.55. The zero-order chi connectivity index (χ0) is 27.3. The van der Waals surface area contributed by atoms with Crippen molar-refractivity contribution in [3.05, 3.63) is 77.8 Å². The minimum Gasteiger partial charge on any atom is -0.378 e. The number of nitrogens with one attached hydrogen (secondary N) is 1. The maximum Gasteiger partial charge on any atom is 0.433 e. The van der Waals surface area contributed by atoms with E-state index in [1.54, 1.807) is 34.5 Å². The Labute approximate surface area is 225 Å². The number of hydrogen-bond acceptors (Lipinski definition) is 9. The van der Waals surface area contributed by atoms with Gasteiger partial charge in [0.15, 0.2) is 0 Å². The van der Waals surface area contributed by atoms with E-state index in [1.807, 2.05) is 23.1 Å². The fraction of sp³-hybridized carbons (Fsp3) is 0.308. The van der Waals surface area contributed by atoms with E-state index in [0.717, 1.165) is 40.1 Å². The van der Waals surface area contributed by atoms with Crippen LogP contribution in [0.15, 0.2) is 55.2 Å². The second-order valence-electron chi connectivity index (χ2n) is 9.57. The molecule has 2 aliphatic rings. The molecule has 0 bridgehead atoms. The van der Waals surface area contributed by atoms with Crippen LogP contribution < -0.4 is 9.80 Å². The van der Waals surface area contributed by atoms with Crippen molar-refractivity contribution < 1.29 is 17.9 Å². The fourth-order valence-corrected chi connectivity index (χ4v) is 5.36. The summed E-state index contributed by atoms with van der Waals surface area (Å²) in [4.78, 5) is 26.2. The Morgan fingerprint density at radius 1 is 0.900 bits per heavy atom. The standard InChI is InChI=1S/C26H23F3N10O/c27-26(28,29)21-3-5-30-25(36-21)38-8-4-18-19-13-17(39-33-6-7-34-39)1-2-20(19)35-22(18)23(38)16-14-31-24(32-15-16)37-9-11-40-12-10-37/h1-3,5-7,13-15,23,35H,4,8-12H2. The Morgan fingerprint density at radius 3 is 2.42 bits per heavy atom. The molecule has 14 heteroatoms. The number of alkyl halides is 3. The monoisotopic (exact) mass is 548 g/mol. The van der Waals surface area contributed by atoms with Gasteiger partial charge in [-0.05, 0) is 36.2 Å². The van der Waals surface area contributed by atoms with Crippen LogP contribution in [0.1, 0.15) is 28.6 Å². The van der Waals surface area contributed by atoms with Gasteiger partial charge < -0.3 is 19.5 Å². The number of nitrogens with zero attached hydrogens (tertiary/aromatic N) is 9. The number of aromatic amines is 1. The molecule has 0 saturated carbocycles. The lowest BCUT2D eigenvalue weighted by Crippen LogP contribution is -2.38. The summed E-state index contributed by atoms with van der Waals surface area (Å²) in [5, 5.41) is 9.45. The summed E-state index contributed by atoms with van der Waals surface area (Å²) in [7, 11) is 0. The minimum absolute atomic E-state index is 0.0113. The van der Waals surface area contributed by atoms with Crippen LogP contribution in [0, 0.1) is 0 Å². The van der Waals surface area contributed by atoms with Gasteiger partial charge >= 0.3 is 6.18 Å². The zero-order valence-electron chi connectivity index (χ0n) is 21.1. The average molecular weight is 549 g/mol. The summed E-state index contributed by atoms with van der Waals surface area (Å²) >= 11 is 0. The van der Waals surface area contributed by atoms with Crippen molar-refractivity contribution >= 4 is 22.8 Å². The predicted octanol–water partition coefficient (Wildman–Crippen LogP) is 3.34. The van der Waals surface area contributed by atoms with E-state index in [2.05, 4.69) is 35.1 Å². The molecule has 0 radical (unpaired) electrons. The van der Waals surface area contributed by atoms with E-state index < -0.39 is 17.9 Å². The van der Waals surface area contributed by atoms with Gasteiger partial charge in [0, 0.05) is 60.4 Å². The SMILES string of the molecule is FC(F)(F)c1ccnc(N2CCc3c([nH]c4ccc(-n5nccn5)cc34)C2c2cnc(N3CCOCC3)nc2)n1. The first-order chi connectivity index (χ1) is 19.5. The molecule has 1 N–H and O–H groups in total. The zero-order valence-corrected chi connectivity index (χ0v) is 21.1. The molecular formula is C26H23F3N10O. The lowest BCUT2D eigenvalue weighted by Gasteiger charge is -2.36. The van der Waals surface area contributed by atoms with Crippen LogP contribution in [-0.4, -0.2) is 72.8 Å². The molecule has 0 amide bonds. The Kier molecular flexibility index (Phi) is 5.84. The summed E-state index contributed by atoms with van der Waals surface area (Å²) in [6.07, 6.45) is 3.79. The van der Waals surface area contributed by atoms with Crippen molar-refractivity contribution in [2.75, 3.05) is 42.6 Å². The van der Waals surface area contributed by atoms with Crippen molar-refractivity contribution in [3.63, 3.8) is 0 Å². The number of halogens is 3. The average Bonchev–Trinajstić information content (AvgIpc) is 3.65. The Hall–Kier alpha value is -4.59. The van der Waals surface area contributed by atoms with Crippen LogP contribution in [0.2, 0.25) is 0 Å². The van der Waals surface area contributed by atoms with Gasteiger partial charge in [0.1, 0.15) is 11.7 Å². The quantitative estimate of drug-likeness (QED) is 0.361. The van der Waals surface area contributed by atoms with Crippen molar-refractivity contribution in [3.8, 4) is 5.69 Å². The van der Waals surface area contributed by atoms with Crippen molar-refractivity contribution in [2.24, 2.45) is 0 Å². The molecule has 0 aliphatic carbocycles. The fourth-order valence-electron chi connectivity index (χ4n) is 5.36. The van der Waals surface area contributed by atoms with E-state index >= 15 is 0 Å². The number of morpholine rings is 1. The molecule has 204 valence electrons. The molecule has 1 aromatic carbocycles. The first-order valence-electron chi connectivity index (χ1n) is 12.8. The van der Waals surface area contributed by atoms with E-state index in [9.17, 15) is 13.2 Å². The third-order valence-corrected chi connectivity index (χ3v) is 7.22. The number of H-pyrrole nitrogens is 1. The Bertz CT molecular complexity index is 1650. The van der Waals surface area contributed by atoms with Gasteiger partial charge in [-0.1, -0.05) is 0 Å². The molecule has 1 atom stereocenters. The highest BCUT2D eigenvalue weighted by Gasteiger charge is 2.37. The topological polar surface area (TPSA) is 114 Å². The number of rotatable bonds is 4. The molecule has 2 aliphatic heterocycles. The van der Waals surface area contributed by atoms with Crippen LogP contribution in [-0.2, 0) is 17.3 Å². The summed E-state index contributed by atoms with van der Waals surface area (Å²) in [5.74, 6) is 0.570. The van der Waals surface area contributed by atoms with Gasteiger partial charge in [0.2, 0.25) is 11.9 Å². The van der Waals surface area contributed by atoms with Crippen LogP contribution in [0.5, 0.6) is 0 Å². The van der Waals surface area contributed by atoms with Crippen molar-refractivity contribution in [1.29, 1.82) is 0 Å². The highest BCUT2D eigenvalue weighted by molar-refractivity contribution is 5.87. The lowest BCUT2D eigenvalue weighted by atomic mass is 9.94. The van der Waals surface area contributed by atoms with Crippen molar-refractivity contribution in [1.82, 2.24) is 39.9 Å². The number of benzene rings is 1. The Balaban J connectivity index is 1.34. The van der Waals surface area contributed by atoms with Gasteiger partial charge in [-0.15, -0.1) is 0 Å². The van der Waals surface area contributed by atoms with Crippen LogP contribution >= 0.6 is 0 Å². The van der Waals surface area contributed by atoms with Crippen molar-refractivity contribution in [2.45, 2.75) is 18.6 Å². The predicted molar refractivity (Wildman–Crippen MR) is 138 cm³/mol. The maximum absolute atomic E-state index is 13.5. The van der Waals surface area contributed by atoms with Crippen LogP contribution in [0.4, 0.5) is 25.1 Å². The highest BCUT2D eigenvalue weighted by Crippen LogP contribution is 2.40. The number of hydrogen-bond donors (Lipinski definition) is 1. The lowest BCUT2D eigenvalue weighted by molar-refractivity contribution is -0.141. The molecule has 1 saturated heterocycles. The Morgan fingerprint density at radius 2 is 1.68 bits per heavy atom. The molecule has 7 rings (SSSR count). The first-order valence-corrected chi connectivity index (χ1v) is 12.8. The number of fused-ring (bicyclic) bond motifs is 3. The first kappa shape index (κ1) is 24.5. The van der Waals surface area contributed by atoms with Gasteiger partial charge in [-0.3, -0.25) is 0 Å². The molecule has 11 nitrogen and oxygen atoms in total. The molecule has 5 aromatic rings. The van der Waals surface area contributed by atoms with E-state index in [4.69, 9.17) is 4.74 Å². The second-order valence-corrected chi connectivity index (χ2v) is 9.57. The van der Waals surface area contributed by atoms with Gasteiger partial charge in [-0.2, -0.15) is 28.2 Å². The largest absolute Gasteiger partial charge is 0.433 e. The molecule has 1 unspecified atom stereocenters. The van der Waals surface area contributed by atoms with E-state index in [-0.39, 0.29) is 5.95 Å². The van der Waals surface area contributed by atoms with E-state index in [0.29, 0.717) is 50.8 Å². The summed E-state index contributed by atoms with van der Waals surface area (Å²) in [6.45, 7) is 2.96. The third-order valence-electron chi connectivity index (χ3n) is 7.22. The molecule has 40 heavy (non-hydrogen) atoms. The van der Waals surface area contributed by atoms with E-state index in [1.165, 1.54) is 0 Å². The number of anilines is 2. The highest BCUT2D eigenvalue weighted by atomic mass is 19.4. The number of ether oxygens (including phenoxy) is 1. The summed E-state index contributed by atoms with van der Waals surface area (Å²) < 4.78 is 46.1. The molecule has 4 aromatic heterocycles. The van der Waals surface area contributed by atoms with Gasteiger partial charge in [0.25, 0.3) is 0 Å². The minimum atomic E-state index is -4.59. The summed E-state index contributed by atoms with van der Waals surface area (Å²) in [5.41, 5.74) is 3.29. The van der Waals surface area contributed by atoms with Gasteiger partial charge in [0.05, 0.1) is 31.3 Å². The number of aromatic nitrogens is 8. The maximum atomic E-state index is 13.5. The molecule has 1 fully saturated rings. The molecule has 0 spiro atoms. The summed E-state index contributed by atoms with van der Waals surface area (Å²) in [6, 6.07) is 6.21. The van der Waals surface area contributed by atoms with Crippen LogP contribution in [0.25, 0.3) is 16.6 Å². The van der Waals surface area contributed by atoms with Crippen LogP contribution in [0.3, 0.4) is 0 Å². The van der Waals surface area contributed by atoms with Gasteiger partial charge in [-0.25, -0.2) is 19.9 Å². The normalized spacial score (nSPS) is 17.8. The molecule has 6 heterocycles. The smallest absolute Gasteiger partial charge is 0.378 e. The molecular weight excluding hydrogens is 525 g/mol. The third kappa shape index (κ3) is 4.29.